The van der Waals surface area contributed by atoms with Crippen LogP contribution in [-0.2, 0) is 11.3 Å². The molecule has 2 N–H and O–H groups in total. The number of rotatable bonds is 5. The summed E-state index contributed by atoms with van der Waals surface area (Å²) in [6.07, 6.45) is 0. The zero-order valence-electron chi connectivity index (χ0n) is 13.0. The first kappa shape index (κ1) is 15.7. The summed E-state index contributed by atoms with van der Waals surface area (Å²) in [4.78, 5) is 12.3. The number of nitrogens with one attached hydrogen (secondary N) is 2. The van der Waals surface area contributed by atoms with E-state index in [1.54, 1.807) is 11.3 Å². The first-order chi connectivity index (χ1) is 9.97. The molecule has 1 atom stereocenters. The van der Waals surface area contributed by atoms with Crippen molar-refractivity contribution < 1.29 is 4.79 Å². The summed E-state index contributed by atoms with van der Waals surface area (Å²) in [5.41, 5.74) is 4.81. The third-order valence-electron chi connectivity index (χ3n) is 3.53. The summed E-state index contributed by atoms with van der Waals surface area (Å²) >= 11 is 1.66. The molecule has 0 spiro atoms. The Bertz CT molecular complexity index is 633. The average Bonchev–Trinajstić information content (AvgIpc) is 2.85. The highest BCUT2D eigenvalue weighted by atomic mass is 32.1. The molecule has 2 aromatic rings. The number of thiophene rings is 1. The third kappa shape index (κ3) is 4.16. The van der Waals surface area contributed by atoms with Crippen molar-refractivity contribution in [2.24, 2.45) is 0 Å². The van der Waals surface area contributed by atoms with Gasteiger partial charge in [0.25, 0.3) is 0 Å². The second kappa shape index (κ2) is 6.87. The lowest BCUT2D eigenvalue weighted by Crippen LogP contribution is -2.19. The molecule has 4 heteroatoms. The summed E-state index contributed by atoms with van der Waals surface area (Å²) in [5, 5.41) is 8.42. The first-order valence-corrected chi connectivity index (χ1v) is 8.00. The molecule has 0 radical (unpaired) electrons. The molecule has 0 fully saturated rings. The number of carbonyl (C=O) groups excluding carboxylic acids is 1. The smallest absolute Gasteiger partial charge is 0.221 e. The van der Waals surface area contributed by atoms with E-state index in [9.17, 15) is 4.79 Å². The monoisotopic (exact) mass is 302 g/mol. The molecule has 0 bridgehead atoms. The number of hydrogen-bond donors (Lipinski definition) is 2. The second-order valence-electron chi connectivity index (χ2n) is 5.40. The topological polar surface area (TPSA) is 41.1 Å². The van der Waals surface area contributed by atoms with Gasteiger partial charge in [0.2, 0.25) is 5.91 Å². The highest BCUT2D eigenvalue weighted by Crippen LogP contribution is 2.24. The zero-order valence-corrected chi connectivity index (χ0v) is 13.8. The lowest BCUT2D eigenvalue weighted by molar-refractivity contribution is -0.114. The predicted molar refractivity (Wildman–Crippen MR) is 89.8 cm³/mol. The molecular weight excluding hydrogens is 280 g/mol. The van der Waals surface area contributed by atoms with Crippen LogP contribution in [0.5, 0.6) is 0 Å². The normalized spacial score (nSPS) is 12.2. The van der Waals surface area contributed by atoms with Gasteiger partial charge in [0.1, 0.15) is 0 Å². The molecule has 1 amide bonds. The van der Waals surface area contributed by atoms with Crippen LogP contribution in [0.2, 0.25) is 0 Å². The molecule has 0 aliphatic rings. The molecule has 1 heterocycles. The van der Waals surface area contributed by atoms with Crippen molar-refractivity contribution in [3.63, 3.8) is 0 Å². The van der Waals surface area contributed by atoms with Gasteiger partial charge in [0.05, 0.1) is 5.69 Å². The van der Waals surface area contributed by atoms with Crippen LogP contribution in [0, 0.1) is 13.8 Å². The molecule has 0 aliphatic heterocycles. The first-order valence-electron chi connectivity index (χ1n) is 7.12. The van der Waals surface area contributed by atoms with Crippen molar-refractivity contribution in [3.8, 4) is 0 Å². The summed E-state index contributed by atoms with van der Waals surface area (Å²) in [7, 11) is 0. The number of amides is 1. The molecule has 1 aromatic heterocycles. The van der Waals surface area contributed by atoms with Crippen molar-refractivity contribution >= 4 is 22.9 Å². The summed E-state index contributed by atoms with van der Waals surface area (Å²) < 4.78 is 0. The van der Waals surface area contributed by atoms with Gasteiger partial charge in [-0.2, -0.15) is 0 Å². The van der Waals surface area contributed by atoms with E-state index in [0.717, 1.165) is 17.1 Å². The fourth-order valence-corrected chi connectivity index (χ4v) is 3.14. The van der Waals surface area contributed by atoms with Crippen molar-refractivity contribution in [2.45, 2.75) is 40.3 Å². The molecule has 112 valence electrons. The van der Waals surface area contributed by atoms with Crippen LogP contribution in [0.4, 0.5) is 5.69 Å². The Morgan fingerprint density at radius 2 is 2.05 bits per heavy atom. The Kier molecular flexibility index (Phi) is 5.15. The summed E-state index contributed by atoms with van der Waals surface area (Å²) in [6.45, 7) is 8.72. The van der Waals surface area contributed by atoms with Crippen LogP contribution in [0.1, 0.15) is 41.5 Å². The maximum absolute atomic E-state index is 11.2. The SMILES string of the molecule is CC(=O)Nc1ccsc1CNC(C)c1cc(C)ccc1C. The minimum Gasteiger partial charge on any atom is -0.325 e. The molecule has 0 saturated heterocycles. The quantitative estimate of drug-likeness (QED) is 0.870. The van der Waals surface area contributed by atoms with Gasteiger partial charge in [0.15, 0.2) is 0 Å². The number of hydrogen-bond acceptors (Lipinski definition) is 3. The lowest BCUT2D eigenvalue weighted by Gasteiger charge is -2.17. The van der Waals surface area contributed by atoms with Crippen LogP contribution in [0.25, 0.3) is 0 Å². The molecule has 1 unspecified atom stereocenters. The largest absolute Gasteiger partial charge is 0.325 e. The number of anilines is 1. The second-order valence-corrected chi connectivity index (χ2v) is 6.40. The average molecular weight is 302 g/mol. The Balaban J connectivity index is 2.04. The van der Waals surface area contributed by atoms with E-state index in [-0.39, 0.29) is 11.9 Å². The fourth-order valence-electron chi connectivity index (χ4n) is 2.36. The van der Waals surface area contributed by atoms with E-state index < -0.39 is 0 Å². The van der Waals surface area contributed by atoms with Crippen LogP contribution in [0.15, 0.2) is 29.6 Å². The van der Waals surface area contributed by atoms with E-state index >= 15 is 0 Å². The van der Waals surface area contributed by atoms with Gasteiger partial charge in [-0.1, -0.05) is 23.8 Å². The van der Waals surface area contributed by atoms with Crippen molar-refractivity contribution in [1.29, 1.82) is 0 Å². The van der Waals surface area contributed by atoms with Gasteiger partial charge in [-0.25, -0.2) is 0 Å². The van der Waals surface area contributed by atoms with Crippen LogP contribution < -0.4 is 10.6 Å². The molecular formula is C17H22N2OS. The Morgan fingerprint density at radius 1 is 1.29 bits per heavy atom. The highest BCUT2D eigenvalue weighted by Gasteiger charge is 2.11. The molecule has 21 heavy (non-hydrogen) atoms. The van der Waals surface area contributed by atoms with Crippen LogP contribution in [0.3, 0.4) is 0 Å². The Labute approximate surface area is 130 Å². The molecule has 1 aromatic carbocycles. The van der Waals surface area contributed by atoms with Crippen LogP contribution >= 0.6 is 11.3 Å². The van der Waals surface area contributed by atoms with Crippen LogP contribution in [-0.4, -0.2) is 5.91 Å². The standard InChI is InChI=1S/C17H22N2OS/c1-11-5-6-12(2)15(9-11)13(3)18-10-17-16(7-8-21-17)19-14(4)20/h5-9,13,18H,10H2,1-4H3,(H,19,20). The maximum Gasteiger partial charge on any atom is 0.221 e. The van der Waals surface area contributed by atoms with Gasteiger partial charge in [-0.05, 0) is 43.3 Å². The van der Waals surface area contributed by atoms with Crippen molar-refractivity contribution in [1.82, 2.24) is 5.32 Å². The summed E-state index contributed by atoms with van der Waals surface area (Å²) in [5.74, 6) is -0.0303. The Morgan fingerprint density at radius 3 is 2.76 bits per heavy atom. The maximum atomic E-state index is 11.2. The van der Waals surface area contributed by atoms with Crippen molar-refractivity contribution in [3.05, 3.63) is 51.2 Å². The molecule has 0 saturated carbocycles. The minimum atomic E-state index is -0.0303. The van der Waals surface area contributed by atoms with Gasteiger partial charge in [-0.15, -0.1) is 11.3 Å². The number of benzene rings is 1. The van der Waals surface area contributed by atoms with E-state index in [1.807, 2.05) is 11.4 Å². The lowest BCUT2D eigenvalue weighted by atomic mass is 10.00. The van der Waals surface area contributed by atoms with Crippen molar-refractivity contribution in [2.75, 3.05) is 5.32 Å². The third-order valence-corrected chi connectivity index (χ3v) is 4.45. The molecule has 2 rings (SSSR count). The summed E-state index contributed by atoms with van der Waals surface area (Å²) in [6, 6.07) is 8.76. The molecule has 0 aliphatic carbocycles. The predicted octanol–water partition coefficient (Wildman–Crippen LogP) is 4.17. The fraction of sp³-hybridized carbons (Fsp3) is 0.353. The number of aryl methyl sites for hydroxylation is 2. The minimum absolute atomic E-state index is 0.0303. The van der Waals surface area contributed by atoms with E-state index in [2.05, 4.69) is 49.6 Å². The van der Waals surface area contributed by atoms with Gasteiger partial charge in [0, 0.05) is 24.4 Å². The van der Waals surface area contributed by atoms with Gasteiger partial charge in [-0.3, -0.25) is 4.79 Å². The highest BCUT2D eigenvalue weighted by molar-refractivity contribution is 7.10. The van der Waals surface area contributed by atoms with E-state index in [4.69, 9.17) is 0 Å². The van der Waals surface area contributed by atoms with Gasteiger partial charge >= 0.3 is 0 Å². The zero-order chi connectivity index (χ0) is 15.4. The number of carbonyl (C=O) groups is 1. The molecule has 3 nitrogen and oxygen atoms in total. The van der Waals surface area contributed by atoms with Gasteiger partial charge < -0.3 is 10.6 Å². The van der Waals surface area contributed by atoms with E-state index in [1.165, 1.54) is 23.6 Å². The van der Waals surface area contributed by atoms with E-state index in [0.29, 0.717) is 0 Å². The Hall–Kier alpha value is -1.65.